The van der Waals surface area contributed by atoms with E-state index in [1.165, 1.54) is 16.4 Å². The van der Waals surface area contributed by atoms with Crippen molar-refractivity contribution in [2.75, 3.05) is 6.54 Å². The average Bonchev–Trinajstić information content (AvgIpc) is 2.93. The largest absolute Gasteiger partial charge is 0.491 e. The van der Waals surface area contributed by atoms with Gasteiger partial charge in [0.15, 0.2) is 0 Å². The maximum atomic E-state index is 13.9. The van der Waals surface area contributed by atoms with Crippen LogP contribution in [0.25, 0.3) is 0 Å². The van der Waals surface area contributed by atoms with E-state index in [0.29, 0.717) is 29.8 Å². The van der Waals surface area contributed by atoms with Gasteiger partial charge in [0.2, 0.25) is 15.9 Å². The first-order valence-corrected chi connectivity index (χ1v) is 11.9. The highest BCUT2D eigenvalue weighted by Crippen LogP contribution is 2.28. The molecule has 0 aliphatic carbocycles. The molecule has 1 N–H and O–H groups in total. The fourth-order valence-electron chi connectivity index (χ4n) is 3.66. The van der Waals surface area contributed by atoms with Crippen molar-refractivity contribution < 1.29 is 22.3 Å². The number of halogens is 1. The van der Waals surface area contributed by atoms with E-state index in [-0.39, 0.29) is 23.5 Å². The second kappa shape index (κ2) is 9.78. The fourth-order valence-corrected chi connectivity index (χ4v) is 5.51. The van der Waals surface area contributed by atoms with Crippen LogP contribution in [0.2, 0.25) is 0 Å². The van der Waals surface area contributed by atoms with Crippen molar-refractivity contribution in [1.29, 1.82) is 0 Å². The zero-order valence-electron chi connectivity index (χ0n) is 18.1. The Labute approximate surface area is 183 Å². The van der Waals surface area contributed by atoms with Gasteiger partial charge in [-0.3, -0.25) is 4.79 Å². The molecule has 0 radical (unpaired) electrons. The van der Waals surface area contributed by atoms with Crippen molar-refractivity contribution >= 4 is 15.9 Å². The molecule has 2 aromatic carbocycles. The summed E-state index contributed by atoms with van der Waals surface area (Å²) in [5, 5.41) is 2.80. The summed E-state index contributed by atoms with van der Waals surface area (Å²) in [6.45, 7) is 5.99. The molecule has 0 spiro atoms. The van der Waals surface area contributed by atoms with Crippen LogP contribution in [0, 0.1) is 12.7 Å². The summed E-state index contributed by atoms with van der Waals surface area (Å²) in [5.41, 5.74) is 1.15. The van der Waals surface area contributed by atoms with Crippen molar-refractivity contribution in [3.8, 4) is 5.75 Å². The van der Waals surface area contributed by atoms with E-state index in [9.17, 15) is 17.6 Å². The second-order valence-electron chi connectivity index (χ2n) is 8.07. The van der Waals surface area contributed by atoms with Crippen LogP contribution in [0.3, 0.4) is 0 Å². The van der Waals surface area contributed by atoms with Gasteiger partial charge in [0.05, 0.1) is 11.0 Å². The number of hydrogen-bond acceptors (Lipinski definition) is 4. The molecule has 0 aromatic heterocycles. The minimum absolute atomic E-state index is 0.00165. The lowest BCUT2D eigenvalue weighted by atomic mass is 10.1. The number of carbonyl (C=O) groups excluding carboxylic acids is 1. The van der Waals surface area contributed by atoms with Crippen LogP contribution >= 0.6 is 0 Å². The number of hydrogen-bond donors (Lipinski definition) is 1. The lowest BCUT2D eigenvalue weighted by Crippen LogP contribution is -2.48. The van der Waals surface area contributed by atoms with Gasteiger partial charge in [-0.25, -0.2) is 12.8 Å². The highest BCUT2D eigenvalue weighted by Gasteiger charge is 2.37. The van der Waals surface area contributed by atoms with Gasteiger partial charge in [-0.15, -0.1) is 0 Å². The Hall–Kier alpha value is -2.45. The van der Waals surface area contributed by atoms with E-state index in [1.807, 2.05) is 13.8 Å². The minimum atomic E-state index is -4.13. The molecular formula is C23H29FN2O4S. The molecular weight excluding hydrogens is 419 g/mol. The van der Waals surface area contributed by atoms with Gasteiger partial charge in [0.25, 0.3) is 0 Å². The lowest BCUT2D eigenvalue weighted by molar-refractivity contribution is -0.124. The molecule has 3 rings (SSSR count). The molecule has 6 nitrogen and oxygen atoms in total. The average molecular weight is 449 g/mol. The van der Waals surface area contributed by atoms with Crippen molar-refractivity contribution in [3.05, 3.63) is 59.4 Å². The van der Waals surface area contributed by atoms with E-state index >= 15 is 0 Å². The number of amides is 1. The third kappa shape index (κ3) is 5.62. The van der Waals surface area contributed by atoms with Gasteiger partial charge in [0.1, 0.15) is 17.6 Å². The van der Waals surface area contributed by atoms with Gasteiger partial charge < -0.3 is 10.1 Å². The number of nitrogens with one attached hydrogen (secondary N) is 1. The molecule has 1 fully saturated rings. The van der Waals surface area contributed by atoms with Gasteiger partial charge in [-0.05, 0) is 75.4 Å². The molecule has 1 aliphatic rings. The standard InChI is InChI=1S/C23H29FN2O4S/c1-16(2)30-20-11-8-18(9-12-20)15-26(21-6-4-5-13-25-23(21)27)31(28,29)22-14-19(24)10-7-17(22)3/h7-12,14,16,21H,4-6,13,15H2,1-3H3,(H,25,27)/t21-/m0/s1. The lowest BCUT2D eigenvalue weighted by Gasteiger charge is -2.30. The van der Waals surface area contributed by atoms with Crippen LogP contribution in [0.15, 0.2) is 47.4 Å². The summed E-state index contributed by atoms with van der Waals surface area (Å²) in [7, 11) is -4.13. The van der Waals surface area contributed by atoms with E-state index in [2.05, 4.69) is 5.32 Å². The van der Waals surface area contributed by atoms with E-state index in [4.69, 9.17) is 4.74 Å². The Morgan fingerprint density at radius 3 is 2.55 bits per heavy atom. The summed E-state index contributed by atoms with van der Waals surface area (Å²) in [6, 6.07) is 9.95. The molecule has 1 atom stereocenters. The smallest absolute Gasteiger partial charge is 0.244 e. The Bertz CT molecular complexity index is 1020. The molecule has 0 saturated carbocycles. The van der Waals surface area contributed by atoms with E-state index in [0.717, 1.165) is 18.9 Å². The summed E-state index contributed by atoms with van der Waals surface area (Å²) < 4.78 is 48.0. The first kappa shape index (κ1) is 23.2. The van der Waals surface area contributed by atoms with Gasteiger partial charge >= 0.3 is 0 Å². The molecule has 31 heavy (non-hydrogen) atoms. The fraction of sp³-hybridized carbons (Fsp3) is 0.435. The summed E-state index contributed by atoms with van der Waals surface area (Å²) >= 11 is 0. The molecule has 1 aliphatic heterocycles. The van der Waals surface area contributed by atoms with Crippen molar-refractivity contribution in [1.82, 2.24) is 9.62 Å². The number of ether oxygens (including phenoxy) is 1. The Morgan fingerprint density at radius 2 is 1.87 bits per heavy atom. The summed E-state index contributed by atoms with van der Waals surface area (Å²) in [4.78, 5) is 12.6. The van der Waals surface area contributed by atoms with E-state index in [1.54, 1.807) is 31.2 Å². The predicted octanol–water partition coefficient (Wildman–Crippen LogP) is 3.78. The Balaban J connectivity index is 2.00. The SMILES string of the molecule is Cc1ccc(F)cc1S(=O)(=O)N(Cc1ccc(OC(C)C)cc1)[C@H]1CCCCNC1=O. The Morgan fingerprint density at radius 1 is 1.16 bits per heavy atom. The predicted molar refractivity (Wildman–Crippen MR) is 117 cm³/mol. The van der Waals surface area contributed by atoms with Crippen molar-refractivity contribution in [2.24, 2.45) is 0 Å². The number of benzene rings is 2. The summed E-state index contributed by atoms with van der Waals surface area (Å²) in [6.07, 6.45) is 1.94. The molecule has 0 unspecified atom stereocenters. The molecule has 2 aromatic rings. The van der Waals surface area contributed by atoms with Crippen LogP contribution < -0.4 is 10.1 Å². The van der Waals surface area contributed by atoms with Gasteiger partial charge in [0, 0.05) is 13.1 Å². The third-order valence-electron chi connectivity index (χ3n) is 5.22. The van der Waals surface area contributed by atoms with Gasteiger partial charge in [-0.2, -0.15) is 4.31 Å². The number of rotatable bonds is 7. The zero-order valence-corrected chi connectivity index (χ0v) is 18.9. The first-order valence-electron chi connectivity index (χ1n) is 10.5. The maximum absolute atomic E-state index is 13.9. The van der Waals surface area contributed by atoms with Crippen LogP contribution in [-0.4, -0.2) is 37.3 Å². The normalized spacial score (nSPS) is 17.5. The molecule has 1 amide bonds. The molecule has 8 heteroatoms. The molecule has 0 bridgehead atoms. The van der Waals surface area contributed by atoms with E-state index < -0.39 is 21.9 Å². The number of nitrogens with zero attached hydrogens (tertiary/aromatic N) is 1. The summed E-state index contributed by atoms with van der Waals surface area (Å²) in [5.74, 6) is -0.277. The van der Waals surface area contributed by atoms with Crippen LogP contribution in [-0.2, 0) is 21.4 Å². The van der Waals surface area contributed by atoms with Gasteiger partial charge in [-0.1, -0.05) is 18.2 Å². The number of aryl methyl sites for hydroxylation is 1. The van der Waals surface area contributed by atoms with Crippen LogP contribution in [0.5, 0.6) is 5.75 Å². The van der Waals surface area contributed by atoms with Crippen LogP contribution in [0.1, 0.15) is 44.2 Å². The molecule has 1 saturated heterocycles. The highest BCUT2D eigenvalue weighted by molar-refractivity contribution is 7.89. The maximum Gasteiger partial charge on any atom is 0.244 e. The molecule has 1 heterocycles. The first-order chi connectivity index (χ1) is 14.7. The zero-order chi connectivity index (χ0) is 22.6. The van der Waals surface area contributed by atoms with Crippen LogP contribution in [0.4, 0.5) is 4.39 Å². The Kier molecular flexibility index (Phi) is 7.33. The second-order valence-corrected chi connectivity index (χ2v) is 9.93. The minimum Gasteiger partial charge on any atom is -0.491 e. The van der Waals surface area contributed by atoms with Crippen molar-refractivity contribution in [3.63, 3.8) is 0 Å². The molecule has 168 valence electrons. The quantitative estimate of drug-likeness (QED) is 0.699. The third-order valence-corrected chi connectivity index (χ3v) is 7.22. The highest BCUT2D eigenvalue weighted by atomic mass is 32.2. The number of carbonyl (C=O) groups is 1. The topological polar surface area (TPSA) is 75.7 Å². The van der Waals surface area contributed by atoms with Crippen molar-refractivity contribution in [2.45, 2.75) is 63.6 Å². The number of sulfonamides is 1. The monoisotopic (exact) mass is 448 g/mol.